The molecule has 0 spiro atoms. The third kappa shape index (κ3) is 6.00. The fourth-order valence-electron chi connectivity index (χ4n) is 3.71. The van der Waals surface area contributed by atoms with Crippen LogP contribution < -0.4 is 19.5 Å². The van der Waals surface area contributed by atoms with Gasteiger partial charge in [-0.05, 0) is 67.4 Å². The fourth-order valence-corrected chi connectivity index (χ4v) is 3.71. The minimum Gasteiger partial charge on any atom is -0.497 e. The molecular formula is C28H29N3O4. The first kappa shape index (κ1) is 23.9. The van der Waals surface area contributed by atoms with E-state index in [-0.39, 0.29) is 5.91 Å². The summed E-state index contributed by atoms with van der Waals surface area (Å²) in [6.07, 6.45) is 0.815. The number of hydrogen-bond acceptors (Lipinski definition) is 5. The molecule has 0 atom stereocenters. The van der Waals surface area contributed by atoms with Crippen LogP contribution in [-0.4, -0.2) is 29.9 Å². The first-order valence-corrected chi connectivity index (χ1v) is 11.4. The third-order valence-corrected chi connectivity index (χ3v) is 5.66. The molecule has 1 amide bonds. The number of carbonyl (C=O) groups is 1. The minimum absolute atomic E-state index is 0.0270. The highest BCUT2D eigenvalue weighted by molar-refractivity contribution is 5.76. The number of aromatic nitrogens is 2. The van der Waals surface area contributed by atoms with E-state index in [1.165, 1.54) is 0 Å². The van der Waals surface area contributed by atoms with Gasteiger partial charge in [0.1, 0.15) is 17.2 Å². The van der Waals surface area contributed by atoms with Crippen molar-refractivity contribution in [2.24, 2.45) is 0 Å². The lowest BCUT2D eigenvalue weighted by molar-refractivity contribution is -0.121. The van der Waals surface area contributed by atoms with Gasteiger partial charge in [0, 0.05) is 18.5 Å². The van der Waals surface area contributed by atoms with Gasteiger partial charge in [-0.2, -0.15) is 5.10 Å². The highest BCUT2D eigenvalue weighted by Gasteiger charge is 2.20. The standard InChI is InChI=1S/C28H29N3O4/c1-20-26(17-18-27(32)29-19-21-7-5-4-6-8-21)28(35-25-15-13-24(34-3)14-16-25)31(30-20)22-9-11-23(33-2)12-10-22/h4-16H,17-19H2,1-3H3,(H,29,32). The number of nitrogens with one attached hydrogen (secondary N) is 1. The topological polar surface area (TPSA) is 74.6 Å². The van der Waals surface area contributed by atoms with Crippen LogP contribution in [0.2, 0.25) is 0 Å². The van der Waals surface area contributed by atoms with Crippen LogP contribution in [0.4, 0.5) is 0 Å². The summed E-state index contributed by atoms with van der Waals surface area (Å²) in [5, 5.41) is 7.72. The Labute approximate surface area is 205 Å². The molecule has 0 aliphatic heterocycles. The molecule has 4 aromatic rings. The van der Waals surface area contributed by atoms with Gasteiger partial charge >= 0.3 is 0 Å². The van der Waals surface area contributed by atoms with Crippen molar-refractivity contribution in [1.29, 1.82) is 0 Å². The quantitative estimate of drug-likeness (QED) is 0.342. The number of nitrogens with zero attached hydrogens (tertiary/aromatic N) is 2. The van der Waals surface area contributed by atoms with E-state index in [2.05, 4.69) is 5.32 Å². The van der Waals surface area contributed by atoms with Crippen LogP contribution in [0.15, 0.2) is 78.9 Å². The van der Waals surface area contributed by atoms with E-state index >= 15 is 0 Å². The van der Waals surface area contributed by atoms with E-state index in [1.807, 2.05) is 85.8 Å². The summed E-state index contributed by atoms with van der Waals surface area (Å²) in [7, 11) is 3.26. The van der Waals surface area contributed by atoms with Crippen molar-refractivity contribution in [3.63, 3.8) is 0 Å². The first-order chi connectivity index (χ1) is 17.1. The van der Waals surface area contributed by atoms with Crippen molar-refractivity contribution >= 4 is 5.91 Å². The van der Waals surface area contributed by atoms with Crippen LogP contribution in [0.3, 0.4) is 0 Å². The molecule has 3 aromatic carbocycles. The number of methoxy groups -OCH3 is 2. The summed E-state index contributed by atoms with van der Waals surface area (Å²) in [4.78, 5) is 12.6. The van der Waals surface area contributed by atoms with E-state index < -0.39 is 0 Å². The van der Waals surface area contributed by atoms with Gasteiger partial charge in [0.25, 0.3) is 0 Å². The molecule has 0 fully saturated rings. The maximum absolute atomic E-state index is 12.6. The molecule has 1 aromatic heterocycles. The van der Waals surface area contributed by atoms with Crippen LogP contribution in [0.1, 0.15) is 23.2 Å². The Bertz CT molecular complexity index is 1250. The molecule has 7 nitrogen and oxygen atoms in total. The third-order valence-electron chi connectivity index (χ3n) is 5.66. The summed E-state index contributed by atoms with van der Waals surface area (Å²) in [5.41, 5.74) is 3.58. The van der Waals surface area contributed by atoms with Crippen LogP contribution >= 0.6 is 0 Å². The average molecular weight is 472 g/mol. The van der Waals surface area contributed by atoms with E-state index in [4.69, 9.17) is 19.3 Å². The number of benzene rings is 3. The fraction of sp³-hybridized carbons (Fsp3) is 0.214. The van der Waals surface area contributed by atoms with Gasteiger partial charge < -0.3 is 19.5 Å². The number of hydrogen-bond donors (Lipinski definition) is 1. The van der Waals surface area contributed by atoms with Crippen LogP contribution in [0.5, 0.6) is 23.1 Å². The molecule has 4 rings (SSSR count). The molecule has 0 aliphatic carbocycles. The summed E-state index contributed by atoms with van der Waals surface area (Å²) < 4.78 is 18.6. The van der Waals surface area contributed by atoms with Crippen molar-refractivity contribution in [3.8, 4) is 28.8 Å². The summed E-state index contributed by atoms with van der Waals surface area (Å²) in [5.74, 6) is 2.70. The van der Waals surface area contributed by atoms with E-state index in [1.54, 1.807) is 18.9 Å². The Morgan fingerprint density at radius 3 is 2.09 bits per heavy atom. The second kappa shape index (κ2) is 11.2. The van der Waals surface area contributed by atoms with Crippen molar-refractivity contribution in [1.82, 2.24) is 15.1 Å². The second-order valence-corrected chi connectivity index (χ2v) is 8.02. The Kier molecular flexibility index (Phi) is 7.67. The minimum atomic E-state index is -0.0270. The van der Waals surface area contributed by atoms with Gasteiger partial charge in [-0.15, -0.1) is 0 Å². The monoisotopic (exact) mass is 471 g/mol. The predicted molar refractivity (Wildman–Crippen MR) is 135 cm³/mol. The Morgan fingerprint density at radius 2 is 1.46 bits per heavy atom. The summed E-state index contributed by atoms with van der Waals surface area (Å²) in [6.45, 7) is 2.43. The zero-order valence-electron chi connectivity index (χ0n) is 20.2. The first-order valence-electron chi connectivity index (χ1n) is 11.4. The molecule has 180 valence electrons. The van der Waals surface area contributed by atoms with Gasteiger partial charge in [-0.25, -0.2) is 4.68 Å². The lowest BCUT2D eigenvalue weighted by Crippen LogP contribution is -2.23. The van der Waals surface area contributed by atoms with Gasteiger partial charge in [-0.3, -0.25) is 4.79 Å². The lowest BCUT2D eigenvalue weighted by atomic mass is 10.1. The summed E-state index contributed by atoms with van der Waals surface area (Å²) in [6, 6.07) is 24.8. The van der Waals surface area contributed by atoms with Crippen molar-refractivity contribution < 1.29 is 19.0 Å². The molecule has 1 heterocycles. The van der Waals surface area contributed by atoms with E-state index in [0.717, 1.165) is 34.0 Å². The molecule has 0 aliphatic rings. The summed E-state index contributed by atoms with van der Waals surface area (Å²) >= 11 is 0. The lowest BCUT2D eigenvalue weighted by Gasteiger charge is -2.12. The van der Waals surface area contributed by atoms with Crippen LogP contribution in [0, 0.1) is 6.92 Å². The van der Waals surface area contributed by atoms with Crippen molar-refractivity contribution in [2.45, 2.75) is 26.3 Å². The highest BCUT2D eigenvalue weighted by atomic mass is 16.5. The largest absolute Gasteiger partial charge is 0.497 e. The number of carbonyl (C=O) groups excluding carboxylic acids is 1. The van der Waals surface area contributed by atoms with E-state index in [9.17, 15) is 4.79 Å². The Morgan fingerprint density at radius 1 is 0.857 bits per heavy atom. The molecule has 0 saturated carbocycles. The SMILES string of the molecule is COc1ccc(Oc2c(CCC(=O)NCc3ccccc3)c(C)nn2-c2ccc(OC)cc2)cc1. The Balaban J connectivity index is 1.56. The van der Waals surface area contributed by atoms with E-state index in [0.29, 0.717) is 31.0 Å². The number of ether oxygens (including phenoxy) is 3. The molecule has 35 heavy (non-hydrogen) atoms. The van der Waals surface area contributed by atoms with Gasteiger partial charge in [0.15, 0.2) is 0 Å². The number of amides is 1. The van der Waals surface area contributed by atoms with Gasteiger partial charge in [0.05, 0.1) is 25.6 Å². The predicted octanol–water partition coefficient (Wildman–Crippen LogP) is 5.24. The molecule has 0 saturated heterocycles. The van der Waals surface area contributed by atoms with Crippen LogP contribution in [0.25, 0.3) is 5.69 Å². The molecule has 1 N–H and O–H groups in total. The van der Waals surface area contributed by atoms with Gasteiger partial charge in [-0.1, -0.05) is 30.3 Å². The zero-order valence-corrected chi connectivity index (χ0v) is 20.2. The van der Waals surface area contributed by atoms with Crippen LogP contribution in [-0.2, 0) is 17.8 Å². The van der Waals surface area contributed by atoms with Crippen molar-refractivity contribution in [2.75, 3.05) is 14.2 Å². The highest BCUT2D eigenvalue weighted by Crippen LogP contribution is 2.32. The molecule has 0 bridgehead atoms. The molecular weight excluding hydrogens is 442 g/mol. The Hall–Kier alpha value is -4.26. The van der Waals surface area contributed by atoms with Gasteiger partial charge in [0.2, 0.25) is 11.8 Å². The zero-order chi connectivity index (χ0) is 24.6. The maximum atomic E-state index is 12.6. The molecule has 7 heteroatoms. The average Bonchev–Trinajstić information content (AvgIpc) is 3.21. The molecule has 0 unspecified atom stereocenters. The number of rotatable bonds is 10. The second-order valence-electron chi connectivity index (χ2n) is 8.02. The number of aryl methyl sites for hydroxylation is 1. The smallest absolute Gasteiger partial charge is 0.226 e. The van der Waals surface area contributed by atoms with Crippen molar-refractivity contribution in [3.05, 3.63) is 95.7 Å². The normalized spacial score (nSPS) is 10.6. The molecule has 0 radical (unpaired) electrons. The maximum Gasteiger partial charge on any atom is 0.226 e.